The lowest BCUT2D eigenvalue weighted by atomic mass is 10.1. The Hall–Kier alpha value is -1.93. The number of fused-ring (bicyclic) bond motifs is 1. The third kappa shape index (κ3) is 2.91. The number of piperazine rings is 1. The average Bonchev–Trinajstić information content (AvgIpc) is 2.87. The molecular weight excluding hydrogens is 330 g/mol. The first-order valence-corrected chi connectivity index (χ1v) is 9.68. The molecule has 7 nitrogen and oxygen atoms in total. The molecule has 1 amide bonds. The van der Waals surface area contributed by atoms with Crippen molar-refractivity contribution in [3.8, 4) is 0 Å². The highest BCUT2D eigenvalue weighted by atomic mass is 32.2. The lowest BCUT2D eigenvalue weighted by Gasteiger charge is -2.43. The van der Waals surface area contributed by atoms with Gasteiger partial charge in [0.05, 0.1) is 6.26 Å². The molecule has 2 heterocycles. The molecule has 8 heteroatoms. The Bertz CT molecular complexity index is 890. The monoisotopic (exact) mass is 351 g/mol. The summed E-state index contributed by atoms with van der Waals surface area (Å²) < 4.78 is 30.6. The molecule has 0 unspecified atom stereocenters. The second kappa shape index (κ2) is 5.86. The van der Waals surface area contributed by atoms with Crippen molar-refractivity contribution in [3.05, 3.63) is 29.7 Å². The SMILES string of the molecule is Cc1nc2ccc(C(=O)N3CCN(S(C)(=O)=O)[C@H](C)[C@H]3C)cc2o1. The summed E-state index contributed by atoms with van der Waals surface area (Å²) in [6.45, 7) is 6.13. The molecule has 1 saturated heterocycles. The van der Waals surface area contributed by atoms with E-state index in [0.717, 1.165) is 0 Å². The molecule has 0 radical (unpaired) electrons. The third-order valence-corrected chi connectivity index (χ3v) is 6.00. The maximum Gasteiger partial charge on any atom is 0.254 e. The van der Waals surface area contributed by atoms with Crippen LogP contribution in [0.1, 0.15) is 30.1 Å². The fraction of sp³-hybridized carbons (Fsp3) is 0.500. The first-order valence-electron chi connectivity index (χ1n) is 7.83. The van der Waals surface area contributed by atoms with Gasteiger partial charge in [-0.3, -0.25) is 4.79 Å². The van der Waals surface area contributed by atoms with Crippen LogP contribution in [0, 0.1) is 6.92 Å². The van der Waals surface area contributed by atoms with Crippen molar-refractivity contribution < 1.29 is 17.6 Å². The zero-order chi connectivity index (χ0) is 17.6. The van der Waals surface area contributed by atoms with E-state index in [1.807, 2.05) is 13.8 Å². The lowest BCUT2D eigenvalue weighted by molar-refractivity contribution is 0.0484. The van der Waals surface area contributed by atoms with Crippen LogP contribution in [0.25, 0.3) is 11.1 Å². The van der Waals surface area contributed by atoms with Gasteiger partial charge in [-0.15, -0.1) is 0 Å². The van der Waals surface area contributed by atoms with E-state index in [1.54, 1.807) is 30.0 Å². The Morgan fingerprint density at radius 1 is 1.25 bits per heavy atom. The van der Waals surface area contributed by atoms with Crippen LogP contribution in [0.2, 0.25) is 0 Å². The van der Waals surface area contributed by atoms with E-state index in [4.69, 9.17) is 4.42 Å². The van der Waals surface area contributed by atoms with Gasteiger partial charge in [0, 0.05) is 37.7 Å². The first-order chi connectivity index (χ1) is 11.2. The number of hydrogen-bond acceptors (Lipinski definition) is 5. The minimum atomic E-state index is -3.28. The summed E-state index contributed by atoms with van der Waals surface area (Å²) in [6.07, 6.45) is 1.20. The highest BCUT2D eigenvalue weighted by Crippen LogP contribution is 2.23. The van der Waals surface area contributed by atoms with E-state index in [9.17, 15) is 13.2 Å². The van der Waals surface area contributed by atoms with Crippen molar-refractivity contribution in [3.63, 3.8) is 0 Å². The summed E-state index contributed by atoms with van der Waals surface area (Å²) in [5, 5.41) is 0. The van der Waals surface area contributed by atoms with E-state index >= 15 is 0 Å². The largest absolute Gasteiger partial charge is 0.441 e. The number of hydrogen-bond donors (Lipinski definition) is 0. The van der Waals surface area contributed by atoms with E-state index in [2.05, 4.69) is 4.98 Å². The van der Waals surface area contributed by atoms with Crippen LogP contribution in [0.4, 0.5) is 0 Å². The number of rotatable bonds is 2. The molecule has 0 N–H and O–H groups in total. The smallest absolute Gasteiger partial charge is 0.254 e. The number of nitrogens with zero attached hydrogens (tertiary/aromatic N) is 3. The van der Waals surface area contributed by atoms with Gasteiger partial charge in [-0.05, 0) is 32.0 Å². The minimum absolute atomic E-state index is 0.126. The zero-order valence-electron chi connectivity index (χ0n) is 14.2. The number of carbonyl (C=O) groups excluding carboxylic acids is 1. The fourth-order valence-electron chi connectivity index (χ4n) is 3.21. The zero-order valence-corrected chi connectivity index (χ0v) is 15.0. The van der Waals surface area contributed by atoms with Crippen LogP contribution >= 0.6 is 0 Å². The minimum Gasteiger partial charge on any atom is -0.441 e. The number of carbonyl (C=O) groups is 1. The van der Waals surface area contributed by atoms with Gasteiger partial charge in [0.25, 0.3) is 5.91 Å². The third-order valence-electron chi connectivity index (χ3n) is 4.63. The van der Waals surface area contributed by atoms with Gasteiger partial charge in [0.1, 0.15) is 5.52 Å². The summed E-state index contributed by atoms with van der Waals surface area (Å²) in [5.74, 6) is 0.428. The average molecular weight is 351 g/mol. The number of aryl methyl sites for hydroxylation is 1. The summed E-state index contributed by atoms with van der Waals surface area (Å²) in [5.41, 5.74) is 1.81. The molecule has 0 aliphatic carbocycles. The summed E-state index contributed by atoms with van der Waals surface area (Å²) >= 11 is 0. The van der Waals surface area contributed by atoms with Crippen molar-refractivity contribution in [2.75, 3.05) is 19.3 Å². The second-order valence-corrected chi connectivity index (χ2v) is 8.20. The normalized spacial score (nSPS) is 22.9. The molecule has 1 aliphatic rings. The van der Waals surface area contributed by atoms with E-state index in [-0.39, 0.29) is 18.0 Å². The predicted octanol–water partition coefficient (Wildman–Crippen LogP) is 1.63. The Balaban J connectivity index is 1.86. The van der Waals surface area contributed by atoms with Gasteiger partial charge in [-0.25, -0.2) is 13.4 Å². The summed E-state index contributed by atoms with van der Waals surface area (Å²) in [7, 11) is -3.28. The molecule has 1 aliphatic heterocycles. The topological polar surface area (TPSA) is 83.7 Å². The Morgan fingerprint density at radius 3 is 2.62 bits per heavy atom. The van der Waals surface area contributed by atoms with Gasteiger partial charge in [0.15, 0.2) is 11.5 Å². The highest BCUT2D eigenvalue weighted by Gasteiger charge is 2.37. The summed E-state index contributed by atoms with van der Waals surface area (Å²) in [4.78, 5) is 18.8. The van der Waals surface area contributed by atoms with E-state index in [0.29, 0.717) is 35.6 Å². The van der Waals surface area contributed by atoms with Crippen LogP contribution < -0.4 is 0 Å². The van der Waals surface area contributed by atoms with Crippen LogP contribution in [0.5, 0.6) is 0 Å². The predicted molar refractivity (Wildman–Crippen MR) is 90.3 cm³/mol. The Kier molecular flexibility index (Phi) is 4.13. The molecule has 0 spiro atoms. The quantitative estimate of drug-likeness (QED) is 0.821. The summed E-state index contributed by atoms with van der Waals surface area (Å²) in [6, 6.07) is 4.70. The molecule has 2 aromatic rings. The fourth-order valence-corrected chi connectivity index (χ4v) is 4.40. The standard InChI is InChI=1S/C16H21N3O4S/c1-10-11(2)19(24(4,21)22)8-7-18(10)16(20)13-5-6-14-15(9-13)23-12(3)17-14/h5-6,9-11H,7-8H2,1-4H3/t10-,11-/m1/s1. The van der Waals surface area contributed by atoms with Crippen LogP contribution in [0.15, 0.2) is 22.6 Å². The highest BCUT2D eigenvalue weighted by molar-refractivity contribution is 7.88. The van der Waals surface area contributed by atoms with Gasteiger partial charge < -0.3 is 9.32 Å². The van der Waals surface area contributed by atoms with Crippen molar-refractivity contribution in [1.82, 2.24) is 14.2 Å². The number of sulfonamides is 1. The lowest BCUT2D eigenvalue weighted by Crippen LogP contribution is -2.60. The second-order valence-electron chi connectivity index (χ2n) is 6.27. The van der Waals surface area contributed by atoms with E-state index in [1.165, 1.54) is 10.6 Å². The number of oxazole rings is 1. The van der Waals surface area contributed by atoms with Crippen LogP contribution in [-0.2, 0) is 10.0 Å². The number of benzene rings is 1. The maximum atomic E-state index is 12.9. The molecular formula is C16H21N3O4S. The van der Waals surface area contributed by atoms with Crippen molar-refractivity contribution in [1.29, 1.82) is 0 Å². The Labute approximate surface area is 141 Å². The molecule has 1 aromatic heterocycles. The van der Waals surface area contributed by atoms with Crippen LogP contribution in [-0.4, -0.2) is 59.9 Å². The Morgan fingerprint density at radius 2 is 1.96 bits per heavy atom. The molecule has 3 rings (SSSR count). The van der Waals surface area contributed by atoms with E-state index < -0.39 is 10.0 Å². The molecule has 2 atom stereocenters. The van der Waals surface area contributed by atoms with Crippen molar-refractivity contribution in [2.24, 2.45) is 0 Å². The van der Waals surface area contributed by atoms with Gasteiger partial charge in [-0.1, -0.05) is 0 Å². The number of aromatic nitrogens is 1. The molecule has 24 heavy (non-hydrogen) atoms. The van der Waals surface area contributed by atoms with Gasteiger partial charge in [-0.2, -0.15) is 4.31 Å². The van der Waals surface area contributed by atoms with Crippen LogP contribution in [0.3, 0.4) is 0 Å². The van der Waals surface area contributed by atoms with Crippen molar-refractivity contribution >= 4 is 27.0 Å². The van der Waals surface area contributed by atoms with Gasteiger partial charge in [0.2, 0.25) is 10.0 Å². The molecule has 0 saturated carbocycles. The number of amides is 1. The maximum absolute atomic E-state index is 12.9. The van der Waals surface area contributed by atoms with Crippen molar-refractivity contribution in [2.45, 2.75) is 32.9 Å². The first kappa shape index (κ1) is 16.9. The molecule has 1 aromatic carbocycles. The molecule has 1 fully saturated rings. The molecule has 0 bridgehead atoms. The van der Waals surface area contributed by atoms with Gasteiger partial charge >= 0.3 is 0 Å². The molecule has 130 valence electrons.